The molecule has 0 saturated carbocycles. The number of carbonyl (C=O) groups is 2. The van der Waals surface area contributed by atoms with Crippen molar-refractivity contribution in [1.29, 1.82) is 0 Å². The van der Waals surface area contributed by atoms with Gasteiger partial charge in [-0.05, 0) is 30.5 Å². The van der Waals surface area contributed by atoms with Crippen LogP contribution in [-0.4, -0.2) is 43.5 Å². The molecule has 2 fully saturated rings. The fourth-order valence-electron chi connectivity index (χ4n) is 3.37. The van der Waals surface area contributed by atoms with E-state index >= 15 is 0 Å². The molecule has 0 bridgehead atoms. The molecule has 23 heavy (non-hydrogen) atoms. The number of hydrogen-bond donors (Lipinski definition) is 1. The van der Waals surface area contributed by atoms with Crippen molar-refractivity contribution in [2.24, 2.45) is 5.92 Å². The van der Waals surface area contributed by atoms with Gasteiger partial charge < -0.3 is 15.0 Å². The molecule has 124 valence electrons. The molecule has 2 aliphatic rings. The largest absolute Gasteiger partial charge is 0.381 e. The molecule has 6 heteroatoms. The second-order valence-corrected chi connectivity index (χ2v) is 6.37. The Morgan fingerprint density at radius 1 is 1.39 bits per heavy atom. The molecule has 2 saturated heterocycles. The number of hydrogen-bond acceptors (Lipinski definition) is 3. The predicted octanol–water partition coefficient (Wildman–Crippen LogP) is 1.43. The van der Waals surface area contributed by atoms with Gasteiger partial charge in [0.05, 0.1) is 11.5 Å². The smallest absolute Gasteiger partial charge is 0.226 e. The number of ether oxygens (including phenoxy) is 1. The van der Waals surface area contributed by atoms with Crippen LogP contribution in [0.1, 0.15) is 24.8 Å². The second-order valence-electron chi connectivity index (χ2n) is 6.37. The molecule has 0 spiro atoms. The van der Waals surface area contributed by atoms with E-state index in [4.69, 9.17) is 4.74 Å². The van der Waals surface area contributed by atoms with E-state index in [0.717, 1.165) is 5.56 Å². The summed E-state index contributed by atoms with van der Waals surface area (Å²) >= 11 is 0. The summed E-state index contributed by atoms with van der Waals surface area (Å²) in [5.41, 5.74) is 0.133. The van der Waals surface area contributed by atoms with Gasteiger partial charge in [-0.25, -0.2) is 4.39 Å². The molecule has 1 N–H and O–H groups in total. The van der Waals surface area contributed by atoms with Gasteiger partial charge >= 0.3 is 0 Å². The molecule has 3 rings (SSSR count). The molecule has 1 aromatic carbocycles. The first-order chi connectivity index (χ1) is 11.0. The lowest BCUT2D eigenvalue weighted by molar-refractivity contribution is -0.130. The molecule has 1 unspecified atom stereocenters. The zero-order valence-electron chi connectivity index (χ0n) is 13.2. The summed E-state index contributed by atoms with van der Waals surface area (Å²) in [4.78, 5) is 25.9. The third-order valence-corrected chi connectivity index (χ3v) is 4.80. The molecule has 2 aliphatic heterocycles. The molecule has 0 radical (unpaired) electrons. The van der Waals surface area contributed by atoms with Gasteiger partial charge in [0.1, 0.15) is 5.82 Å². The van der Waals surface area contributed by atoms with Crippen molar-refractivity contribution in [2.75, 3.05) is 26.8 Å². The summed E-state index contributed by atoms with van der Waals surface area (Å²) in [6, 6.07) is 6.35. The van der Waals surface area contributed by atoms with Crippen LogP contribution in [0, 0.1) is 11.7 Å². The number of benzene rings is 1. The Bertz CT molecular complexity index is 614. The number of likely N-dealkylation sites (tertiary alicyclic amines) is 1. The van der Waals surface area contributed by atoms with Crippen LogP contribution in [0.3, 0.4) is 0 Å². The molecule has 2 amide bonds. The highest BCUT2D eigenvalue weighted by atomic mass is 19.1. The molecular formula is C17H21FN2O3. The molecular weight excluding hydrogens is 299 g/mol. The number of rotatable bonds is 3. The van der Waals surface area contributed by atoms with E-state index in [1.54, 1.807) is 18.0 Å². The predicted molar refractivity (Wildman–Crippen MR) is 82.0 cm³/mol. The van der Waals surface area contributed by atoms with E-state index in [1.807, 2.05) is 6.07 Å². The van der Waals surface area contributed by atoms with Gasteiger partial charge in [0.15, 0.2) is 0 Å². The summed E-state index contributed by atoms with van der Waals surface area (Å²) in [5, 5.41) is 3.09. The molecule has 1 aromatic rings. The Balaban J connectivity index is 1.82. The van der Waals surface area contributed by atoms with Crippen molar-refractivity contribution in [2.45, 2.75) is 24.8 Å². The van der Waals surface area contributed by atoms with Crippen LogP contribution < -0.4 is 5.32 Å². The maximum Gasteiger partial charge on any atom is 0.226 e. The van der Waals surface area contributed by atoms with Crippen LogP contribution in [-0.2, 0) is 19.9 Å². The first kappa shape index (κ1) is 15.9. The lowest BCUT2D eigenvalue weighted by Crippen LogP contribution is -2.51. The maximum atomic E-state index is 13.6. The van der Waals surface area contributed by atoms with E-state index in [1.165, 1.54) is 12.1 Å². The highest BCUT2D eigenvalue weighted by molar-refractivity contribution is 5.89. The van der Waals surface area contributed by atoms with Crippen molar-refractivity contribution in [3.63, 3.8) is 0 Å². The normalized spacial score (nSPS) is 23.8. The van der Waals surface area contributed by atoms with E-state index in [2.05, 4.69) is 5.32 Å². The van der Waals surface area contributed by atoms with Gasteiger partial charge in [0.25, 0.3) is 0 Å². The quantitative estimate of drug-likeness (QED) is 0.916. The fourth-order valence-corrected chi connectivity index (χ4v) is 3.37. The van der Waals surface area contributed by atoms with Gasteiger partial charge in [-0.1, -0.05) is 12.1 Å². The lowest BCUT2D eigenvalue weighted by Gasteiger charge is -2.39. The molecule has 0 aromatic heterocycles. The zero-order valence-corrected chi connectivity index (χ0v) is 13.2. The van der Waals surface area contributed by atoms with Gasteiger partial charge in [-0.3, -0.25) is 9.59 Å². The number of halogens is 1. The van der Waals surface area contributed by atoms with Crippen LogP contribution in [0.2, 0.25) is 0 Å². The van der Waals surface area contributed by atoms with Crippen LogP contribution in [0.15, 0.2) is 24.3 Å². The fraction of sp³-hybridized carbons (Fsp3) is 0.529. The summed E-state index contributed by atoms with van der Waals surface area (Å²) in [6.45, 7) is 1.46. The standard InChI is InChI=1S/C17H21FN2O3/c1-20-11-12(9-15(20)21)16(22)19-17(5-7-23-8-6-17)13-3-2-4-14(18)10-13/h2-4,10,12H,5-9,11H2,1H3,(H,19,22). The van der Waals surface area contributed by atoms with E-state index in [0.29, 0.717) is 32.6 Å². The third kappa shape index (κ3) is 3.22. The Labute approximate surface area is 134 Å². The van der Waals surface area contributed by atoms with Gasteiger partial charge in [-0.15, -0.1) is 0 Å². The number of nitrogens with one attached hydrogen (secondary N) is 1. The Hall–Kier alpha value is -1.95. The minimum Gasteiger partial charge on any atom is -0.381 e. The number of carbonyl (C=O) groups excluding carboxylic acids is 2. The average Bonchev–Trinajstić information content (AvgIpc) is 2.88. The van der Waals surface area contributed by atoms with Crippen molar-refractivity contribution in [1.82, 2.24) is 10.2 Å². The Kier molecular flexibility index (Phi) is 4.35. The first-order valence-electron chi connectivity index (χ1n) is 7.90. The van der Waals surface area contributed by atoms with Crippen molar-refractivity contribution in [3.8, 4) is 0 Å². The van der Waals surface area contributed by atoms with Gasteiger partial charge in [-0.2, -0.15) is 0 Å². The van der Waals surface area contributed by atoms with Crippen LogP contribution in [0.5, 0.6) is 0 Å². The first-order valence-corrected chi connectivity index (χ1v) is 7.90. The maximum absolute atomic E-state index is 13.6. The Morgan fingerprint density at radius 2 is 2.13 bits per heavy atom. The second kappa shape index (κ2) is 6.28. The van der Waals surface area contributed by atoms with E-state index in [9.17, 15) is 14.0 Å². The Morgan fingerprint density at radius 3 is 2.74 bits per heavy atom. The molecule has 1 atom stereocenters. The summed E-state index contributed by atoms with van der Waals surface area (Å²) in [6.07, 6.45) is 1.43. The topological polar surface area (TPSA) is 58.6 Å². The summed E-state index contributed by atoms with van der Waals surface area (Å²) in [5.74, 6) is -0.829. The SMILES string of the molecule is CN1CC(C(=O)NC2(c3cccc(F)c3)CCOCC2)CC1=O. The number of amides is 2. The molecule has 5 nitrogen and oxygen atoms in total. The van der Waals surface area contributed by atoms with E-state index < -0.39 is 5.54 Å². The minimum absolute atomic E-state index is 0.0167. The molecule has 0 aliphatic carbocycles. The van der Waals surface area contributed by atoms with Crippen molar-refractivity contribution < 1.29 is 18.7 Å². The van der Waals surface area contributed by atoms with Gasteiger partial charge in [0.2, 0.25) is 11.8 Å². The van der Waals surface area contributed by atoms with E-state index in [-0.39, 0.29) is 30.0 Å². The van der Waals surface area contributed by atoms with Crippen LogP contribution in [0.25, 0.3) is 0 Å². The average molecular weight is 320 g/mol. The highest BCUT2D eigenvalue weighted by Crippen LogP contribution is 2.33. The van der Waals surface area contributed by atoms with Gasteiger partial charge in [0, 0.05) is 33.2 Å². The summed E-state index contributed by atoms with van der Waals surface area (Å²) in [7, 11) is 1.70. The monoisotopic (exact) mass is 320 g/mol. The number of nitrogens with zero attached hydrogens (tertiary/aromatic N) is 1. The zero-order chi connectivity index (χ0) is 16.4. The van der Waals surface area contributed by atoms with Crippen molar-refractivity contribution in [3.05, 3.63) is 35.6 Å². The third-order valence-electron chi connectivity index (χ3n) is 4.80. The minimum atomic E-state index is -0.623. The molecule has 2 heterocycles. The van der Waals surface area contributed by atoms with Crippen LogP contribution >= 0.6 is 0 Å². The van der Waals surface area contributed by atoms with Crippen LogP contribution in [0.4, 0.5) is 4.39 Å². The lowest BCUT2D eigenvalue weighted by atomic mass is 9.82. The summed E-state index contributed by atoms with van der Waals surface area (Å²) < 4.78 is 19.0. The highest BCUT2D eigenvalue weighted by Gasteiger charge is 2.40. The van der Waals surface area contributed by atoms with Crippen molar-refractivity contribution >= 4 is 11.8 Å².